The van der Waals surface area contributed by atoms with Crippen LogP contribution in [0.2, 0.25) is 0 Å². The van der Waals surface area contributed by atoms with Gasteiger partial charge in [-0.05, 0) is 12.8 Å². The number of rotatable bonds is 16. The fourth-order valence-corrected chi connectivity index (χ4v) is 2.65. The van der Waals surface area contributed by atoms with Gasteiger partial charge in [0.1, 0.15) is 0 Å². The van der Waals surface area contributed by atoms with E-state index in [4.69, 9.17) is 0 Å². The van der Waals surface area contributed by atoms with E-state index in [0.29, 0.717) is 0 Å². The molecule has 0 aliphatic carbocycles. The Morgan fingerprint density at radius 1 is 0.600 bits per heavy atom. The Kier molecular flexibility index (Phi) is 18.0. The minimum absolute atomic E-state index is 1.23. The van der Waals surface area contributed by atoms with E-state index >= 15 is 0 Å². The smallest absolute Gasteiger partial charge is 0.0348 e. The summed E-state index contributed by atoms with van der Waals surface area (Å²) in [4.78, 5) is 0. The monoisotopic (exact) mass is 278 g/mol. The second-order valence-electron chi connectivity index (χ2n) is 6.05. The summed E-state index contributed by atoms with van der Waals surface area (Å²) in [6, 6.07) is 0. The number of unbranched alkanes of at least 4 members (excludes halogenated alkanes) is 14. The molecule has 0 unspecified atom stereocenters. The molecule has 0 nitrogen and oxygen atoms in total. The van der Waals surface area contributed by atoms with E-state index in [1.54, 1.807) is 0 Å². The lowest BCUT2D eigenvalue weighted by Crippen LogP contribution is -1.83. The molecule has 0 spiro atoms. The first kappa shape index (κ1) is 19.5. The van der Waals surface area contributed by atoms with Crippen LogP contribution in [0, 0.1) is 0 Å². The van der Waals surface area contributed by atoms with Crippen molar-refractivity contribution in [3.8, 4) is 0 Å². The molecular weight excluding hydrogens is 240 g/mol. The summed E-state index contributed by atoms with van der Waals surface area (Å²) in [7, 11) is 0. The molecule has 20 heavy (non-hydrogen) atoms. The molecule has 0 saturated carbocycles. The average Bonchev–Trinajstić information content (AvgIpc) is 2.47. The summed E-state index contributed by atoms with van der Waals surface area (Å²) in [6.45, 7) is 5.97. The van der Waals surface area contributed by atoms with Crippen LogP contribution < -0.4 is 0 Å². The number of allylic oxidation sites excluding steroid dienone is 3. The predicted molar refractivity (Wildman–Crippen MR) is 94.3 cm³/mol. The molecule has 0 aliphatic heterocycles. The van der Waals surface area contributed by atoms with Gasteiger partial charge in [-0.1, -0.05) is 115 Å². The zero-order valence-corrected chi connectivity index (χ0v) is 14.0. The molecule has 0 radical (unpaired) electrons. The van der Waals surface area contributed by atoms with Gasteiger partial charge in [0.25, 0.3) is 0 Å². The highest BCUT2D eigenvalue weighted by atomic mass is 14.0. The molecule has 0 aromatic heterocycles. The van der Waals surface area contributed by atoms with Gasteiger partial charge in [0, 0.05) is 0 Å². The fraction of sp³-hybridized carbons (Fsp3) is 0.800. The highest BCUT2D eigenvalue weighted by molar-refractivity contribution is 4.96. The molecule has 0 heteroatoms. The van der Waals surface area contributed by atoms with Crippen molar-refractivity contribution in [2.75, 3.05) is 0 Å². The average molecular weight is 279 g/mol. The Labute approximate surface area is 128 Å². The predicted octanol–water partition coefficient (Wildman–Crippen LogP) is 7.60. The van der Waals surface area contributed by atoms with Crippen molar-refractivity contribution in [2.45, 2.75) is 103 Å². The fourth-order valence-electron chi connectivity index (χ4n) is 2.65. The van der Waals surface area contributed by atoms with Gasteiger partial charge < -0.3 is 0 Å². The molecule has 118 valence electrons. The van der Waals surface area contributed by atoms with Gasteiger partial charge in [-0.2, -0.15) is 0 Å². The van der Waals surface area contributed by atoms with Crippen LogP contribution >= 0.6 is 0 Å². The third-order valence-corrected chi connectivity index (χ3v) is 4.00. The van der Waals surface area contributed by atoms with Gasteiger partial charge in [0.05, 0.1) is 0 Å². The van der Waals surface area contributed by atoms with Crippen molar-refractivity contribution < 1.29 is 0 Å². The maximum Gasteiger partial charge on any atom is -0.0348 e. The van der Waals surface area contributed by atoms with Gasteiger partial charge in [-0.3, -0.25) is 0 Å². The lowest BCUT2D eigenvalue weighted by molar-refractivity contribution is 0.536. The molecule has 0 N–H and O–H groups in total. The first-order valence-electron chi connectivity index (χ1n) is 9.19. The van der Waals surface area contributed by atoms with Crippen molar-refractivity contribution in [3.63, 3.8) is 0 Å². The molecule has 0 heterocycles. The van der Waals surface area contributed by atoms with Gasteiger partial charge in [-0.15, -0.1) is 0 Å². The van der Waals surface area contributed by atoms with Crippen LogP contribution in [0.5, 0.6) is 0 Å². The van der Waals surface area contributed by atoms with Crippen LogP contribution in [0.15, 0.2) is 24.8 Å². The number of hydrogen-bond acceptors (Lipinski definition) is 0. The van der Waals surface area contributed by atoms with E-state index in [2.05, 4.69) is 25.7 Å². The van der Waals surface area contributed by atoms with Crippen LogP contribution in [0.4, 0.5) is 0 Å². The maximum absolute atomic E-state index is 3.68. The van der Waals surface area contributed by atoms with Crippen LogP contribution in [-0.2, 0) is 0 Å². The van der Waals surface area contributed by atoms with Crippen molar-refractivity contribution in [1.29, 1.82) is 0 Å². The molecule has 0 aliphatic rings. The Morgan fingerprint density at radius 2 is 1.00 bits per heavy atom. The van der Waals surface area contributed by atoms with E-state index in [-0.39, 0.29) is 0 Å². The van der Waals surface area contributed by atoms with Crippen LogP contribution in [0.1, 0.15) is 103 Å². The van der Waals surface area contributed by atoms with E-state index in [9.17, 15) is 0 Å². The zero-order chi connectivity index (χ0) is 14.7. The third kappa shape index (κ3) is 17.5. The molecule has 0 bridgehead atoms. The van der Waals surface area contributed by atoms with Crippen molar-refractivity contribution in [1.82, 2.24) is 0 Å². The Balaban J connectivity index is 2.95. The summed E-state index contributed by atoms with van der Waals surface area (Å²) in [6.07, 6.45) is 27.5. The summed E-state index contributed by atoms with van der Waals surface area (Å²) in [5, 5.41) is 0. The minimum Gasteiger partial charge on any atom is -0.0991 e. The normalized spacial score (nSPS) is 11.2. The summed E-state index contributed by atoms with van der Waals surface area (Å²) >= 11 is 0. The van der Waals surface area contributed by atoms with E-state index < -0.39 is 0 Å². The SMILES string of the molecule is C=C/C=C\CCCCCCCCCCCCCCCC. The highest BCUT2D eigenvalue weighted by Gasteiger charge is 1.93. The molecule has 0 aromatic rings. The second kappa shape index (κ2) is 18.5. The molecule has 0 amide bonds. The van der Waals surface area contributed by atoms with Crippen molar-refractivity contribution in [3.05, 3.63) is 24.8 Å². The quantitative estimate of drug-likeness (QED) is 0.201. The lowest BCUT2D eigenvalue weighted by Gasteiger charge is -2.02. The Bertz CT molecular complexity index is 202. The second-order valence-corrected chi connectivity index (χ2v) is 6.05. The largest absolute Gasteiger partial charge is 0.0991 e. The molecular formula is C20H38. The zero-order valence-electron chi connectivity index (χ0n) is 14.0. The first-order valence-corrected chi connectivity index (χ1v) is 9.19. The third-order valence-electron chi connectivity index (χ3n) is 4.00. The van der Waals surface area contributed by atoms with Gasteiger partial charge in [-0.25, -0.2) is 0 Å². The van der Waals surface area contributed by atoms with Gasteiger partial charge in [0.15, 0.2) is 0 Å². The van der Waals surface area contributed by atoms with E-state index in [0.717, 1.165) is 0 Å². The Hall–Kier alpha value is -0.520. The lowest BCUT2D eigenvalue weighted by atomic mass is 10.0. The molecule has 0 saturated heterocycles. The van der Waals surface area contributed by atoms with Gasteiger partial charge >= 0.3 is 0 Å². The van der Waals surface area contributed by atoms with Crippen molar-refractivity contribution in [2.24, 2.45) is 0 Å². The summed E-state index contributed by atoms with van der Waals surface area (Å²) in [5.74, 6) is 0. The Morgan fingerprint density at radius 3 is 1.40 bits per heavy atom. The number of hydrogen-bond donors (Lipinski definition) is 0. The molecule has 0 aromatic carbocycles. The summed E-state index contributed by atoms with van der Waals surface area (Å²) < 4.78 is 0. The van der Waals surface area contributed by atoms with Gasteiger partial charge in [0.2, 0.25) is 0 Å². The standard InChI is InChI=1S/C20H38/c1-3-5-7-9-11-13-15-17-19-20-18-16-14-12-10-8-6-4-2/h3,5,7H,1,4,6,8-20H2,2H3/b7-5-. The van der Waals surface area contributed by atoms with Crippen LogP contribution in [0.3, 0.4) is 0 Å². The minimum atomic E-state index is 1.23. The first-order chi connectivity index (χ1) is 9.91. The van der Waals surface area contributed by atoms with Crippen LogP contribution in [0.25, 0.3) is 0 Å². The molecule has 0 rings (SSSR count). The summed E-state index contributed by atoms with van der Waals surface area (Å²) in [5.41, 5.74) is 0. The molecule has 0 atom stereocenters. The van der Waals surface area contributed by atoms with E-state index in [1.165, 1.54) is 96.3 Å². The van der Waals surface area contributed by atoms with Crippen molar-refractivity contribution >= 4 is 0 Å². The molecule has 0 fully saturated rings. The highest BCUT2D eigenvalue weighted by Crippen LogP contribution is 2.13. The van der Waals surface area contributed by atoms with E-state index in [1.807, 2.05) is 6.08 Å². The maximum atomic E-state index is 3.68. The topological polar surface area (TPSA) is 0 Å². The van der Waals surface area contributed by atoms with Crippen LogP contribution in [-0.4, -0.2) is 0 Å².